The molecule has 2 aromatic carbocycles. The van der Waals surface area contributed by atoms with Gasteiger partial charge in [0, 0.05) is 18.3 Å². The van der Waals surface area contributed by atoms with Gasteiger partial charge in [-0.25, -0.2) is 22.9 Å². The molecular formula is C23H20ClN3O6S. The smallest absolute Gasteiger partial charge is 0.356 e. The van der Waals surface area contributed by atoms with Gasteiger partial charge < -0.3 is 10.1 Å². The molecule has 9 nitrogen and oxygen atoms in total. The number of rotatable bonds is 8. The van der Waals surface area contributed by atoms with Crippen LogP contribution >= 0.6 is 11.6 Å². The van der Waals surface area contributed by atoms with E-state index in [4.69, 9.17) is 11.6 Å². The van der Waals surface area contributed by atoms with Crippen molar-refractivity contribution in [3.05, 3.63) is 94.3 Å². The fraction of sp³-hybridized carbons (Fsp3) is 0.130. The molecule has 0 radical (unpaired) electrons. The Labute approximate surface area is 201 Å². The number of ether oxygens (including phenoxy) is 1. The Bertz CT molecular complexity index is 1310. The van der Waals surface area contributed by atoms with E-state index in [1.54, 1.807) is 0 Å². The molecule has 1 aromatic heterocycles. The number of hydrogen-bond donors (Lipinski definition) is 2. The number of hydrogen-bond acceptors (Lipinski definition) is 7. The Hall–Kier alpha value is -3.76. The van der Waals surface area contributed by atoms with Crippen LogP contribution in [-0.4, -0.2) is 44.8 Å². The predicted octanol–water partition coefficient (Wildman–Crippen LogP) is 2.61. The van der Waals surface area contributed by atoms with E-state index in [2.05, 4.69) is 15.0 Å². The highest BCUT2D eigenvalue weighted by molar-refractivity contribution is 7.90. The van der Waals surface area contributed by atoms with Crippen molar-refractivity contribution >= 4 is 39.4 Å². The molecule has 0 aliphatic carbocycles. The number of carbonyl (C=O) groups is 3. The third-order valence-electron chi connectivity index (χ3n) is 4.67. The highest BCUT2D eigenvalue weighted by Gasteiger charge is 2.23. The minimum Gasteiger partial charge on any atom is -0.464 e. The number of amides is 2. The highest BCUT2D eigenvalue weighted by atomic mass is 35.5. The summed E-state index contributed by atoms with van der Waals surface area (Å²) in [6, 6.07) is 15.7. The minimum absolute atomic E-state index is 0.0393. The van der Waals surface area contributed by atoms with Crippen molar-refractivity contribution in [2.75, 3.05) is 13.7 Å². The molecule has 0 spiro atoms. The van der Waals surface area contributed by atoms with Crippen molar-refractivity contribution < 1.29 is 27.5 Å². The SMILES string of the molecule is COC(=O)c1ccc(C(=O)NS(=O)(=O)c2ccc(C(=O)NCCc3ccccc3)cc2Cl)cn1. The lowest BCUT2D eigenvalue weighted by atomic mass is 10.1. The molecule has 0 atom stereocenters. The van der Waals surface area contributed by atoms with Gasteiger partial charge >= 0.3 is 5.97 Å². The Kier molecular flexibility index (Phi) is 7.98. The second kappa shape index (κ2) is 10.9. The molecule has 176 valence electrons. The maximum atomic E-state index is 12.7. The Morgan fingerprint density at radius 2 is 1.68 bits per heavy atom. The van der Waals surface area contributed by atoms with Gasteiger partial charge in [-0.15, -0.1) is 0 Å². The molecule has 3 rings (SSSR count). The predicted molar refractivity (Wildman–Crippen MR) is 124 cm³/mol. The molecule has 3 aromatic rings. The molecule has 0 saturated heterocycles. The molecule has 0 aliphatic rings. The molecule has 0 bridgehead atoms. The number of sulfonamides is 1. The molecule has 2 N–H and O–H groups in total. The number of carbonyl (C=O) groups excluding carboxylic acids is 3. The van der Waals surface area contributed by atoms with Gasteiger partial charge in [0.05, 0.1) is 17.7 Å². The van der Waals surface area contributed by atoms with Crippen LogP contribution in [0.3, 0.4) is 0 Å². The van der Waals surface area contributed by atoms with Crippen LogP contribution in [0.4, 0.5) is 0 Å². The average Bonchev–Trinajstić information content (AvgIpc) is 2.83. The van der Waals surface area contributed by atoms with E-state index < -0.39 is 27.8 Å². The van der Waals surface area contributed by atoms with Gasteiger partial charge in [-0.2, -0.15) is 0 Å². The summed E-state index contributed by atoms with van der Waals surface area (Å²) in [5, 5.41) is 2.52. The van der Waals surface area contributed by atoms with E-state index in [1.165, 1.54) is 31.4 Å². The van der Waals surface area contributed by atoms with E-state index in [1.807, 2.05) is 35.1 Å². The molecule has 0 unspecified atom stereocenters. The van der Waals surface area contributed by atoms with Crippen LogP contribution in [0.15, 0.2) is 71.8 Å². The summed E-state index contributed by atoms with van der Waals surface area (Å²) in [5.74, 6) is -2.08. The summed E-state index contributed by atoms with van der Waals surface area (Å²) >= 11 is 6.11. The first-order chi connectivity index (χ1) is 16.2. The maximum Gasteiger partial charge on any atom is 0.356 e. The standard InChI is InChI=1S/C23H20ClN3O6S/c1-33-23(30)19-9-7-17(14-26-19)22(29)27-34(31,32)20-10-8-16(13-18(20)24)21(28)25-12-11-15-5-3-2-4-6-15/h2-10,13-14H,11-12H2,1H3,(H,25,28)(H,27,29). The molecule has 0 aliphatic heterocycles. The van der Waals surface area contributed by atoms with Crippen LogP contribution in [-0.2, 0) is 21.2 Å². The Morgan fingerprint density at radius 3 is 2.29 bits per heavy atom. The van der Waals surface area contributed by atoms with Gasteiger partial charge in [-0.3, -0.25) is 9.59 Å². The van der Waals surface area contributed by atoms with E-state index in [0.29, 0.717) is 13.0 Å². The van der Waals surface area contributed by atoms with Crippen LogP contribution in [0.1, 0.15) is 36.8 Å². The van der Waals surface area contributed by atoms with Crippen molar-refractivity contribution in [1.29, 1.82) is 0 Å². The van der Waals surface area contributed by atoms with Crippen LogP contribution < -0.4 is 10.0 Å². The lowest BCUT2D eigenvalue weighted by molar-refractivity contribution is 0.0593. The number of pyridine rings is 1. The largest absolute Gasteiger partial charge is 0.464 e. The fourth-order valence-electron chi connectivity index (χ4n) is 2.92. The number of nitrogens with one attached hydrogen (secondary N) is 2. The monoisotopic (exact) mass is 501 g/mol. The normalized spacial score (nSPS) is 10.9. The van der Waals surface area contributed by atoms with E-state index in [9.17, 15) is 22.8 Å². The van der Waals surface area contributed by atoms with Gasteiger partial charge in [0.15, 0.2) is 0 Å². The quantitative estimate of drug-likeness (QED) is 0.453. The van der Waals surface area contributed by atoms with Crippen molar-refractivity contribution in [3.63, 3.8) is 0 Å². The molecule has 1 heterocycles. The van der Waals surface area contributed by atoms with Gasteiger partial charge in [0.25, 0.3) is 21.8 Å². The van der Waals surface area contributed by atoms with Crippen molar-refractivity contribution in [3.8, 4) is 0 Å². The third kappa shape index (κ3) is 6.18. The topological polar surface area (TPSA) is 132 Å². The third-order valence-corrected chi connectivity index (χ3v) is 6.49. The van der Waals surface area contributed by atoms with Crippen LogP contribution in [0, 0.1) is 0 Å². The second-order valence-corrected chi connectivity index (χ2v) is 9.05. The van der Waals surface area contributed by atoms with Gasteiger partial charge in [0.2, 0.25) is 0 Å². The Morgan fingerprint density at radius 1 is 0.971 bits per heavy atom. The number of esters is 1. The summed E-state index contributed by atoms with van der Waals surface area (Å²) in [6.45, 7) is 0.388. The summed E-state index contributed by atoms with van der Waals surface area (Å²) in [4.78, 5) is 39.5. The van der Waals surface area contributed by atoms with Gasteiger partial charge in [-0.05, 0) is 42.3 Å². The fourth-order valence-corrected chi connectivity index (χ4v) is 4.44. The van der Waals surface area contributed by atoms with Crippen LogP contribution in [0.25, 0.3) is 0 Å². The zero-order valence-corrected chi connectivity index (χ0v) is 19.5. The molecule has 0 fully saturated rings. The first kappa shape index (κ1) is 24.9. The number of halogens is 1. The minimum atomic E-state index is -4.35. The molecular weight excluding hydrogens is 482 g/mol. The van der Waals surface area contributed by atoms with Crippen molar-refractivity contribution in [2.45, 2.75) is 11.3 Å². The lowest BCUT2D eigenvalue weighted by Crippen LogP contribution is -2.31. The molecule has 0 saturated carbocycles. The van der Waals surface area contributed by atoms with Crippen molar-refractivity contribution in [2.24, 2.45) is 0 Å². The number of benzene rings is 2. The Balaban J connectivity index is 1.65. The van der Waals surface area contributed by atoms with Crippen molar-refractivity contribution in [1.82, 2.24) is 15.0 Å². The zero-order chi connectivity index (χ0) is 24.7. The lowest BCUT2D eigenvalue weighted by Gasteiger charge is -2.10. The first-order valence-electron chi connectivity index (χ1n) is 9.94. The van der Waals surface area contributed by atoms with E-state index in [0.717, 1.165) is 17.8 Å². The first-order valence-corrected chi connectivity index (χ1v) is 11.8. The molecule has 34 heavy (non-hydrogen) atoms. The molecule has 11 heteroatoms. The maximum absolute atomic E-state index is 12.7. The summed E-state index contributed by atoms with van der Waals surface area (Å²) in [7, 11) is -3.17. The van der Waals surface area contributed by atoms with E-state index >= 15 is 0 Å². The summed E-state index contributed by atoms with van der Waals surface area (Å²) in [6.07, 6.45) is 1.68. The van der Waals surface area contributed by atoms with Crippen LogP contribution in [0.2, 0.25) is 5.02 Å². The summed E-state index contributed by atoms with van der Waals surface area (Å²) in [5.41, 5.74) is 1.10. The zero-order valence-electron chi connectivity index (χ0n) is 17.9. The number of nitrogens with zero attached hydrogens (tertiary/aromatic N) is 1. The second-order valence-electron chi connectivity index (χ2n) is 7.00. The summed E-state index contributed by atoms with van der Waals surface area (Å²) < 4.78 is 31.7. The van der Waals surface area contributed by atoms with Gasteiger partial charge in [-0.1, -0.05) is 41.9 Å². The average molecular weight is 502 g/mol. The number of aromatic nitrogens is 1. The highest BCUT2D eigenvalue weighted by Crippen LogP contribution is 2.23. The van der Waals surface area contributed by atoms with E-state index in [-0.39, 0.29) is 26.7 Å². The van der Waals surface area contributed by atoms with Crippen LogP contribution in [0.5, 0.6) is 0 Å². The van der Waals surface area contributed by atoms with Gasteiger partial charge in [0.1, 0.15) is 10.6 Å². The number of methoxy groups -OCH3 is 1. The molecule has 2 amide bonds.